The second kappa shape index (κ2) is 10.8. The number of hydrogen-bond acceptors (Lipinski definition) is 4. The van der Waals surface area contributed by atoms with Crippen molar-refractivity contribution in [2.45, 2.75) is 135 Å². The summed E-state index contributed by atoms with van der Waals surface area (Å²) in [6.07, 6.45) is 16.4. The second-order valence-electron chi connectivity index (χ2n) is 16.7. The van der Waals surface area contributed by atoms with Crippen LogP contribution in [0, 0.1) is 34.5 Å². The topological polar surface area (TPSA) is 52.6 Å². The minimum Gasteiger partial charge on any atom is -0.456 e. The highest BCUT2D eigenvalue weighted by Crippen LogP contribution is 2.68. The molecule has 0 radical (unpaired) electrons. The van der Waals surface area contributed by atoms with Crippen LogP contribution in [0.25, 0.3) is 0 Å². The van der Waals surface area contributed by atoms with Gasteiger partial charge in [0.1, 0.15) is 12.1 Å². The summed E-state index contributed by atoms with van der Waals surface area (Å²) >= 11 is 0. The van der Waals surface area contributed by atoms with E-state index in [2.05, 4.69) is 27.9 Å². The lowest BCUT2D eigenvalue weighted by atomic mass is 9.44. The molecule has 0 aromatic heterocycles. The van der Waals surface area contributed by atoms with Crippen LogP contribution in [0.4, 0.5) is 0 Å². The van der Waals surface area contributed by atoms with Gasteiger partial charge >= 0.3 is 11.9 Å². The maximum atomic E-state index is 12.5. The molecule has 41 heavy (non-hydrogen) atoms. The molecule has 0 amide bonds. The number of nitrogens with zero attached hydrogens (tertiary/aromatic N) is 2. The molecule has 2 heterocycles. The zero-order valence-corrected chi connectivity index (χ0v) is 27.2. The molecular weight excluding hydrogens is 512 g/mol. The van der Waals surface area contributed by atoms with Gasteiger partial charge in [0, 0.05) is 32.1 Å². The summed E-state index contributed by atoms with van der Waals surface area (Å²) in [5.41, 5.74) is 0.377. The van der Waals surface area contributed by atoms with Crippen LogP contribution in [-0.2, 0) is 19.1 Å². The normalized spacial score (nSPS) is 46.9. The third-order valence-electron chi connectivity index (χ3n) is 14.5. The molecule has 6 fully saturated rings. The predicted molar refractivity (Wildman–Crippen MR) is 161 cm³/mol. The number of quaternary nitrogens is 2. The Bertz CT molecular complexity index is 1000. The number of carbonyl (C=O) groups is 2. The first-order valence-electron chi connectivity index (χ1n) is 17.4. The van der Waals surface area contributed by atoms with E-state index >= 15 is 0 Å². The summed E-state index contributed by atoms with van der Waals surface area (Å²) in [5.74, 6) is 2.52. The first-order valence-corrected chi connectivity index (χ1v) is 17.4. The minimum absolute atomic E-state index is 0.0462. The molecule has 6 heteroatoms. The SMILES string of the molecule is CC(=O)O[C@H]1C[C@@H]2CCC3C(CC[C@@]4(C)[C@H]3C[C@H]([N+]3(C)CCCCC3)[C@@H]4OC(C)=O)[C@@]2(C)C[C@@H]1[N+]1(C)CCCCC1. The Morgan fingerprint density at radius 1 is 0.683 bits per heavy atom. The van der Waals surface area contributed by atoms with Gasteiger partial charge in [-0.15, -0.1) is 0 Å². The molecule has 0 N–H and O–H groups in total. The number of rotatable bonds is 4. The molecule has 4 saturated carbocycles. The molecule has 0 aromatic carbocycles. The van der Waals surface area contributed by atoms with E-state index in [1.165, 1.54) is 103 Å². The number of carbonyl (C=O) groups excluding carboxylic acids is 2. The summed E-state index contributed by atoms with van der Waals surface area (Å²) in [6.45, 7) is 13.3. The van der Waals surface area contributed by atoms with Crippen molar-refractivity contribution in [2.75, 3.05) is 40.3 Å². The van der Waals surface area contributed by atoms with E-state index in [9.17, 15) is 9.59 Å². The Kier molecular flexibility index (Phi) is 7.87. The standard InChI is InChI=1S/C35H60N2O4/c1-24(38)40-32-21-26-13-14-27-28(35(26,4)23-31(32)37(6)19-11-8-12-20-37)15-16-34(3)29(27)22-30(33(34)41-25(2)39)36(5)17-9-7-10-18-36/h26-33H,7-23H2,1-6H3/q+2/t26-,27?,28?,29-,30-,31-,32-,33-,34-,35-/m0/s1. The van der Waals surface area contributed by atoms with Gasteiger partial charge in [-0.1, -0.05) is 13.8 Å². The fourth-order valence-electron chi connectivity index (χ4n) is 12.3. The van der Waals surface area contributed by atoms with Crippen LogP contribution in [0.5, 0.6) is 0 Å². The zero-order valence-electron chi connectivity index (χ0n) is 27.2. The van der Waals surface area contributed by atoms with Crippen LogP contribution in [-0.4, -0.2) is 85.5 Å². The summed E-state index contributed by atoms with van der Waals surface area (Å²) < 4.78 is 14.7. The molecule has 4 aliphatic carbocycles. The van der Waals surface area contributed by atoms with Crippen LogP contribution in [0.3, 0.4) is 0 Å². The zero-order chi connectivity index (χ0) is 29.2. The van der Waals surface area contributed by atoms with Crippen molar-refractivity contribution < 1.29 is 28.0 Å². The fourth-order valence-corrected chi connectivity index (χ4v) is 12.3. The van der Waals surface area contributed by atoms with E-state index in [-0.39, 0.29) is 29.6 Å². The number of piperidine rings is 2. The quantitative estimate of drug-likeness (QED) is 0.301. The monoisotopic (exact) mass is 572 g/mol. The number of esters is 2. The van der Waals surface area contributed by atoms with E-state index in [1.54, 1.807) is 13.8 Å². The van der Waals surface area contributed by atoms with Gasteiger partial charge in [0.15, 0.2) is 12.2 Å². The number of likely N-dealkylation sites (tertiary alicyclic amines) is 2. The molecule has 2 aliphatic heterocycles. The Morgan fingerprint density at radius 3 is 1.85 bits per heavy atom. The Labute approximate surface area is 250 Å². The molecule has 0 bridgehead atoms. The summed E-state index contributed by atoms with van der Waals surface area (Å²) in [6, 6.07) is 0.846. The summed E-state index contributed by atoms with van der Waals surface area (Å²) in [7, 11) is 4.94. The van der Waals surface area contributed by atoms with Gasteiger partial charge in [-0.25, -0.2) is 0 Å². The largest absolute Gasteiger partial charge is 0.456 e. The number of likely N-dealkylation sites (N-methyl/N-ethyl adjacent to an activating group) is 2. The van der Waals surface area contributed by atoms with Crippen molar-refractivity contribution in [3.8, 4) is 0 Å². The van der Waals surface area contributed by atoms with Gasteiger partial charge in [-0.05, 0) is 99.7 Å². The van der Waals surface area contributed by atoms with Gasteiger partial charge in [0.2, 0.25) is 0 Å². The van der Waals surface area contributed by atoms with E-state index in [0.717, 1.165) is 21.3 Å². The number of ether oxygens (including phenoxy) is 2. The summed E-state index contributed by atoms with van der Waals surface area (Å²) in [4.78, 5) is 24.8. The average molecular weight is 573 g/mol. The Morgan fingerprint density at radius 2 is 1.27 bits per heavy atom. The lowest BCUT2D eigenvalue weighted by Crippen LogP contribution is -2.66. The predicted octanol–water partition coefficient (Wildman–Crippen LogP) is 6.11. The second-order valence-corrected chi connectivity index (χ2v) is 16.7. The molecule has 6 aliphatic rings. The molecule has 2 saturated heterocycles. The number of fused-ring (bicyclic) bond motifs is 5. The van der Waals surface area contributed by atoms with Gasteiger partial charge in [-0.3, -0.25) is 9.59 Å². The third-order valence-corrected chi connectivity index (χ3v) is 14.5. The van der Waals surface area contributed by atoms with Crippen LogP contribution in [0.1, 0.15) is 111 Å². The Balaban J connectivity index is 1.31. The van der Waals surface area contributed by atoms with Crippen molar-refractivity contribution >= 4 is 11.9 Å². The van der Waals surface area contributed by atoms with Crippen LogP contribution >= 0.6 is 0 Å². The van der Waals surface area contributed by atoms with Crippen molar-refractivity contribution in [1.29, 1.82) is 0 Å². The first kappa shape index (κ1) is 29.9. The van der Waals surface area contributed by atoms with Crippen molar-refractivity contribution in [3.63, 3.8) is 0 Å². The van der Waals surface area contributed by atoms with Crippen LogP contribution in [0.2, 0.25) is 0 Å². The highest BCUT2D eigenvalue weighted by molar-refractivity contribution is 5.66. The van der Waals surface area contributed by atoms with E-state index in [4.69, 9.17) is 9.47 Å². The van der Waals surface area contributed by atoms with Crippen molar-refractivity contribution in [3.05, 3.63) is 0 Å². The highest BCUT2D eigenvalue weighted by atomic mass is 16.5. The molecule has 2 unspecified atom stereocenters. The lowest BCUT2D eigenvalue weighted by Gasteiger charge is -2.63. The third kappa shape index (κ3) is 4.99. The molecular formula is C35H60N2O4+2. The number of hydrogen-bond donors (Lipinski definition) is 0. The molecule has 6 rings (SSSR count). The molecule has 0 aromatic rings. The highest BCUT2D eigenvalue weighted by Gasteiger charge is 2.68. The van der Waals surface area contributed by atoms with Gasteiger partial charge in [-0.2, -0.15) is 0 Å². The maximum Gasteiger partial charge on any atom is 0.303 e. The smallest absolute Gasteiger partial charge is 0.303 e. The van der Waals surface area contributed by atoms with Gasteiger partial charge in [0.05, 0.1) is 40.3 Å². The van der Waals surface area contributed by atoms with E-state index in [1.807, 2.05) is 0 Å². The van der Waals surface area contributed by atoms with Crippen LogP contribution < -0.4 is 0 Å². The minimum atomic E-state index is -0.0998. The molecule has 0 spiro atoms. The van der Waals surface area contributed by atoms with E-state index in [0.29, 0.717) is 35.3 Å². The fraction of sp³-hybridized carbons (Fsp3) is 0.943. The summed E-state index contributed by atoms with van der Waals surface area (Å²) in [5, 5.41) is 0. The van der Waals surface area contributed by atoms with Crippen molar-refractivity contribution in [1.82, 2.24) is 0 Å². The maximum absolute atomic E-state index is 12.5. The first-order chi connectivity index (χ1) is 19.4. The molecule has 10 atom stereocenters. The Hall–Kier alpha value is -1.14. The van der Waals surface area contributed by atoms with Crippen LogP contribution in [0.15, 0.2) is 0 Å². The molecule has 6 nitrogen and oxygen atoms in total. The van der Waals surface area contributed by atoms with E-state index < -0.39 is 0 Å². The van der Waals surface area contributed by atoms with Gasteiger partial charge < -0.3 is 18.4 Å². The molecule has 232 valence electrons. The van der Waals surface area contributed by atoms with Gasteiger partial charge in [0.25, 0.3) is 0 Å². The van der Waals surface area contributed by atoms with Crippen molar-refractivity contribution in [2.24, 2.45) is 34.5 Å². The lowest BCUT2D eigenvalue weighted by molar-refractivity contribution is -0.943. The average Bonchev–Trinajstić information content (AvgIpc) is 3.21.